The molecule has 1 aromatic heterocycles. The normalized spacial score (nSPS) is 17.0. The van der Waals surface area contributed by atoms with Gasteiger partial charge in [-0.05, 0) is 65.2 Å². The SMILES string of the molecule is Nc1cccc(-c2ccc(C3(NC(=O)c4ccc(F)cc4)CCOc4cccnc43)cc2)c1. The second-order valence-electron chi connectivity index (χ2n) is 8.02. The summed E-state index contributed by atoms with van der Waals surface area (Å²) in [5.41, 5.74) is 9.67. The van der Waals surface area contributed by atoms with Crippen molar-refractivity contribution in [3.63, 3.8) is 0 Å². The minimum absolute atomic E-state index is 0.312. The summed E-state index contributed by atoms with van der Waals surface area (Å²) in [6.07, 6.45) is 2.19. The molecule has 3 N–H and O–H groups in total. The maximum atomic E-state index is 13.4. The fourth-order valence-corrected chi connectivity index (χ4v) is 4.27. The molecule has 33 heavy (non-hydrogen) atoms. The second kappa shape index (κ2) is 8.39. The number of ether oxygens (including phenoxy) is 1. The smallest absolute Gasteiger partial charge is 0.252 e. The first-order valence-corrected chi connectivity index (χ1v) is 10.7. The van der Waals surface area contributed by atoms with Crippen molar-refractivity contribution in [2.75, 3.05) is 12.3 Å². The van der Waals surface area contributed by atoms with E-state index in [4.69, 9.17) is 10.5 Å². The van der Waals surface area contributed by atoms with Crippen molar-refractivity contribution in [3.05, 3.63) is 114 Å². The molecule has 0 saturated carbocycles. The van der Waals surface area contributed by atoms with Gasteiger partial charge in [-0.1, -0.05) is 36.4 Å². The van der Waals surface area contributed by atoms with Crippen molar-refractivity contribution >= 4 is 11.6 Å². The average Bonchev–Trinajstić information content (AvgIpc) is 2.85. The summed E-state index contributed by atoms with van der Waals surface area (Å²) < 4.78 is 19.2. The molecule has 0 fully saturated rings. The van der Waals surface area contributed by atoms with Crippen LogP contribution in [0, 0.1) is 5.82 Å². The van der Waals surface area contributed by atoms with Crippen molar-refractivity contribution in [1.82, 2.24) is 10.3 Å². The maximum Gasteiger partial charge on any atom is 0.252 e. The Morgan fingerprint density at radius 3 is 2.52 bits per heavy atom. The Morgan fingerprint density at radius 1 is 0.970 bits per heavy atom. The van der Waals surface area contributed by atoms with Crippen LogP contribution in [0.2, 0.25) is 0 Å². The monoisotopic (exact) mass is 439 g/mol. The first-order chi connectivity index (χ1) is 16.0. The molecule has 4 aromatic rings. The Balaban J connectivity index is 1.58. The van der Waals surface area contributed by atoms with E-state index in [1.54, 1.807) is 12.3 Å². The predicted molar refractivity (Wildman–Crippen MR) is 125 cm³/mol. The van der Waals surface area contributed by atoms with Crippen molar-refractivity contribution in [2.24, 2.45) is 0 Å². The largest absolute Gasteiger partial charge is 0.491 e. The van der Waals surface area contributed by atoms with Crippen molar-refractivity contribution in [2.45, 2.75) is 12.0 Å². The van der Waals surface area contributed by atoms with E-state index in [1.165, 1.54) is 24.3 Å². The van der Waals surface area contributed by atoms with Gasteiger partial charge in [-0.3, -0.25) is 9.78 Å². The summed E-state index contributed by atoms with van der Waals surface area (Å²) >= 11 is 0. The third kappa shape index (κ3) is 3.91. The highest BCUT2D eigenvalue weighted by molar-refractivity contribution is 5.95. The first-order valence-electron chi connectivity index (χ1n) is 10.7. The number of nitrogens with two attached hydrogens (primary N) is 1. The quantitative estimate of drug-likeness (QED) is 0.442. The predicted octanol–water partition coefficient (Wildman–Crippen LogP) is 4.93. The van der Waals surface area contributed by atoms with E-state index in [-0.39, 0.29) is 5.91 Å². The number of benzene rings is 3. The minimum Gasteiger partial charge on any atom is -0.491 e. The van der Waals surface area contributed by atoms with Gasteiger partial charge >= 0.3 is 0 Å². The van der Waals surface area contributed by atoms with Crippen LogP contribution >= 0.6 is 0 Å². The number of pyridine rings is 1. The molecule has 3 aromatic carbocycles. The van der Waals surface area contributed by atoms with Crippen molar-refractivity contribution in [1.29, 1.82) is 0 Å². The summed E-state index contributed by atoms with van der Waals surface area (Å²) in [5, 5.41) is 3.19. The molecule has 0 saturated heterocycles. The van der Waals surface area contributed by atoms with Gasteiger partial charge in [0.15, 0.2) is 0 Å². The molecule has 0 bridgehead atoms. The number of rotatable bonds is 4. The molecular formula is C27H22FN3O2. The van der Waals surface area contributed by atoms with Gasteiger partial charge in [-0.25, -0.2) is 4.39 Å². The minimum atomic E-state index is -0.894. The molecule has 5 rings (SSSR count). The van der Waals surface area contributed by atoms with Gasteiger partial charge < -0.3 is 15.8 Å². The van der Waals surface area contributed by atoms with E-state index in [9.17, 15) is 9.18 Å². The number of aromatic nitrogens is 1. The lowest BCUT2D eigenvalue weighted by atomic mass is 9.80. The van der Waals surface area contributed by atoms with E-state index < -0.39 is 11.4 Å². The lowest BCUT2D eigenvalue weighted by Gasteiger charge is -2.39. The average molecular weight is 439 g/mol. The van der Waals surface area contributed by atoms with Gasteiger partial charge in [0, 0.05) is 23.9 Å². The van der Waals surface area contributed by atoms with E-state index in [0.717, 1.165) is 16.7 Å². The van der Waals surface area contributed by atoms with E-state index in [1.807, 2.05) is 54.6 Å². The zero-order valence-electron chi connectivity index (χ0n) is 17.8. The third-order valence-electron chi connectivity index (χ3n) is 5.94. The zero-order chi connectivity index (χ0) is 22.8. The van der Waals surface area contributed by atoms with E-state index in [0.29, 0.717) is 35.7 Å². The summed E-state index contributed by atoms with van der Waals surface area (Å²) in [7, 11) is 0. The Bertz CT molecular complexity index is 1310. The number of halogens is 1. The molecule has 0 spiro atoms. The lowest BCUT2D eigenvalue weighted by Crippen LogP contribution is -2.50. The number of nitrogen functional groups attached to an aromatic ring is 1. The zero-order valence-corrected chi connectivity index (χ0v) is 17.8. The van der Waals surface area contributed by atoms with E-state index >= 15 is 0 Å². The summed E-state index contributed by atoms with van der Waals surface area (Å²) in [6, 6.07) is 24.8. The third-order valence-corrected chi connectivity index (χ3v) is 5.94. The number of carbonyl (C=O) groups is 1. The number of carbonyl (C=O) groups excluding carboxylic acids is 1. The molecule has 2 heterocycles. The van der Waals surface area contributed by atoms with Crippen LogP contribution in [0.15, 0.2) is 91.1 Å². The van der Waals surface area contributed by atoms with Crippen LogP contribution in [-0.2, 0) is 5.54 Å². The Kier molecular flexibility index (Phi) is 5.26. The van der Waals surface area contributed by atoms with Crippen LogP contribution in [0.1, 0.15) is 28.0 Å². The number of nitrogens with one attached hydrogen (secondary N) is 1. The Labute approximate surface area is 191 Å². The topological polar surface area (TPSA) is 77.2 Å². The van der Waals surface area contributed by atoms with Gasteiger partial charge in [0.05, 0.1) is 6.61 Å². The van der Waals surface area contributed by atoms with Gasteiger partial charge in [-0.15, -0.1) is 0 Å². The second-order valence-corrected chi connectivity index (χ2v) is 8.02. The molecule has 0 radical (unpaired) electrons. The van der Waals surface area contributed by atoms with Gasteiger partial charge in [0.2, 0.25) is 0 Å². The molecule has 1 atom stereocenters. The molecule has 6 heteroatoms. The fourth-order valence-electron chi connectivity index (χ4n) is 4.27. The first kappa shape index (κ1) is 20.7. The number of hydrogen-bond donors (Lipinski definition) is 2. The number of amides is 1. The Hall–Kier alpha value is -4.19. The highest BCUT2D eigenvalue weighted by atomic mass is 19.1. The van der Waals surface area contributed by atoms with Crippen LogP contribution in [0.4, 0.5) is 10.1 Å². The summed E-state index contributed by atoms with van der Waals surface area (Å²) in [4.78, 5) is 17.8. The van der Waals surface area contributed by atoms with Crippen molar-refractivity contribution < 1.29 is 13.9 Å². The van der Waals surface area contributed by atoms with Gasteiger partial charge in [0.1, 0.15) is 22.8 Å². The highest BCUT2D eigenvalue weighted by Gasteiger charge is 2.42. The molecule has 1 aliphatic rings. The summed E-state index contributed by atoms with van der Waals surface area (Å²) in [6.45, 7) is 0.416. The maximum absolute atomic E-state index is 13.4. The number of fused-ring (bicyclic) bond motifs is 1. The van der Waals surface area contributed by atoms with Crippen molar-refractivity contribution in [3.8, 4) is 16.9 Å². The number of hydrogen-bond acceptors (Lipinski definition) is 4. The highest BCUT2D eigenvalue weighted by Crippen LogP contribution is 2.41. The number of anilines is 1. The lowest BCUT2D eigenvalue weighted by molar-refractivity contribution is 0.0883. The van der Waals surface area contributed by atoms with Crippen LogP contribution in [0.5, 0.6) is 5.75 Å². The van der Waals surface area contributed by atoms with Gasteiger partial charge in [-0.2, -0.15) is 0 Å². The molecule has 164 valence electrons. The van der Waals surface area contributed by atoms with Crippen LogP contribution < -0.4 is 15.8 Å². The molecule has 5 nitrogen and oxygen atoms in total. The standard InChI is InChI=1S/C27H22FN3O2/c28-22-12-8-19(9-13-22)26(32)31-27(14-16-33-24-5-2-15-30-25(24)27)21-10-6-18(7-11-21)20-3-1-4-23(29)17-20/h1-13,15,17H,14,16,29H2,(H,31,32). The molecular weight excluding hydrogens is 417 g/mol. The summed E-state index contributed by atoms with van der Waals surface area (Å²) in [5.74, 6) is -0.0760. The van der Waals surface area contributed by atoms with Gasteiger partial charge in [0.25, 0.3) is 5.91 Å². The Morgan fingerprint density at radius 2 is 1.76 bits per heavy atom. The number of nitrogens with zero attached hydrogens (tertiary/aromatic N) is 1. The molecule has 1 unspecified atom stereocenters. The molecule has 1 amide bonds. The molecule has 0 aliphatic carbocycles. The van der Waals surface area contributed by atoms with E-state index in [2.05, 4.69) is 10.3 Å². The van der Waals surface area contributed by atoms with Crippen LogP contribution in [0.25, 0.3) is 11.1 Å². The molecule has 1 aliphatic heterocycles. The fraction of sp³-hybridized carbons (Fsp3) is 0.111. The van der Waals surface area contributed by atoms with Crippen LogP contribution in [-0.4, -0.2) is 17.5 Å². The van der Waals surface area contributed by atoms with Crippen LogP contribution in [0.3, 0.4) is 0 Å².